The Hall–Kier alpha value is -1.77. The third-order valence-electron chi connectivity index (χ3n) is 3.54. The number of halogens is 1. The molecule has 6 nitrogen and oxygen atoms in total. The number of nitrogens with one attached hydrogen (secondary N) is 1. The van der Waals surface area contributed by atoms with Gasteiger partial charge >= 0.3 is 0 Å². The van der Waals surface area contributed by atoms with Gasteiger partial charge < -0.3 is 4.57 Å². The molecule has 0 aliphatic carbocycles. The molecule has 0 amide bonds. The van der Waals surface area contributed by atoms with Gasteiger partial charge in [-0.05, 0) is 23.6 Å². The van der Waals surface area contributed by atoms with Crippen LogP contribution < -0.4 is 4.72 Å². The first-order valence-electron chi connectivity index (χ1n) is 6.80. The van der Waals surface area contributed by atoms with Crippen molar-refractivity contribution < 1.29 is 8.42 Å². The Morgan fingerprint density at radius 3 is 3.00 bits per heavy atom. The van der Waals surface area contributed by atoms with E-state index in [2.05, 4.69) is 14.7 Å². The third-order valence-corrected chi connectivity index (χ3v) is 6.30. The molecule has 1 aromatic carbocycles. The number of fused-ring (bicyclic) bond motifs is 2. The fourth-order valence-electron chi connectivity index (χ4n) is 2.53. The fourth-order valence-corrected chi connectivity index (χ4v) is 5.35. The van der Waals surface area contributed by atoms with Crippen LogP contribution in [-0.2, 0) is 16.6 Å². The molecule has 118 valence electrons. The first-order valence-corrected chi connectivity index (χ1v) is 9.65. The lowest BCUT2D eigenvalue weighted by Gasteiger charge is -2.10. The van der Waals surface area contributed by atoms with Crippen LogP contribution in [0.2, 0.25) is 5.15 Å². The summed E-state index contributed by atoms with van der Waals surface area (Å²) in [6, 6.07) is 7.11. The van der Waals surface area contributed by atoms with Gasteiger partial charge in [0.25, 0.3) is 10.0 Å². The van der Waals surface area contributed by atoms with E-state index >= 15 is 0 Å². The summed E-state index contributed by atoms with van der Waals surface area (Å²) in [7, 11) is -3.81. The second kappa shape index (κ2) is 5.40. The number of anilines is 1. The molecule has 0 saturated heterocycles. The summed E-state index contributed by atoms with van der Waals surface area (Å²) in [6.07, 6.45) is 3.39. The molecule has 0 spiro atoms. The number of thioether (sulfide) groups is 1. The summed E-state index contributed by atoms with van der Waals surface area (Å²) in [4.78, 5) is 8.15. The van der Waals surface area contributed by atoms with E-state index in [0.29, 0.717) is 17.4 Å². The zero-order chi connectivity index (χ0) is 16.0. The lowest BCUT2D eigenvalue weighted by atomic mass is 10.2. The smallest absolute Gasteiger partial charge is 0.280 e. The number of benzene rings is 1. The lowest BCUT2D eigenvalue weighted by molar-refractivity contribution is 0.577. The Morgan fingerprint density at radius 1 is 1.26 bits per heavy atom. The van der Waals surface area contributed by atoms with E-state index in [4.69, 9.17) is 11.6 Å². The van der Waals surface area contributed by atoms with Crippen molar-refractivity contribution in [3.05, 3.63) is 41.8 Å². The van der Waals surface area contributed by atoms with Crippen molar-refractivity contribution in [3.8, 4) is 0 Å². The van der Waals surface area contributed by atoms with Crippen molar-refractivity contribution in [2.75, 3.05) is 10.5 Å². The normalized spacial score (nSPS) is 14.1. The summed E-state index contributed by atoms with van der Waals surface area (Å²) in [5, 5.41) is 2.51. The highest BCUT2D eigenvalue weighted by Gasteiger charge is 2.30. The van der Waals surface area contributed by atoms with Gasteiger partial charge in [0, 0.05) is 35.8 Å². The van der Waals surface area contributed by atoms with Gasteiger partial charge in [-0.15, -0.1) is 0 Å². The summed E-state index contributed by atoms with van der Waals surface area (Å²) < 4.78 is 29.6. The van der Waals surface area contributed by atoms with Crippen molar-refractivity contribution in [3.63, 3.8) is 0 Å². The highest BCUT2D eigenvalue weighted by molar-refractivity contribution is 7.99. The van der Waals surface area contributed by atoms with Crippen LogP contribution in [0.15, 0.2) is 46.8 Å². The molecule has 1 N–H and O–H groups in total. The number of aromatic nitrogens is 3. The second-order valence-electron chi connectivity index (χ2n) is 5.03. The van der Waals surface area contributed by atoms with Gasteiger partial charge in [0.2, 0.25) is 0 Å². The number of hydrogen-bond acceptors (Lipinski definition) is 5. The molecule has 0 fully saturated rings. The average molecular weight is 367 g/mol. The maximum absolute atomic E-state index is 12.7. The van der Waals surface area contributed by atoms with Gasteiger partial charge in [-0.3, -0.25) is 9.71 Å². The number of nitrogens with zero attached hydrogens (tertiary/aromatic N) is 3. The Labute approximate surface area is 141 Å². The van der Waals surface area contributed by atoms with Crippen molar-refractivity contribution in [1.29, 1.82) is 0 Å². The molecule has 4 rings (SSSR count). The minimum atomic E-state index is -3.81. The van der Waals surface area contributed by atoms with Crippen LogP contribution >= 0.6 is 23.4 Å². The maximum atomic E-state index is 12.7. The SMILES string of the molecule is O=S(=O)(Nc1ccc2cnccc2c1)c1c(Cl)nc2n1CCS2. The molecule has 0 bridgehead atoms. The van der Waals surface area contributed by atoms with Crippen LogP contribution in [0, 0.1) is 0 Å². The van der Waals surface area contributed by atoms with Crippen LogP contribution in [0.4, 0.5) is 5.69 Å². The number of sulfonamides is 1. The van der Waals surface area contributed by atoms with Crippen molar-refractivity contribution in [1.82, 2.24) is 14.5 Å². The predicted octanol–water partition coefficient (Wildman–Crippen LogP) is 2.99. The molecule has 0 unspecified atom stereocenters. The molecule has 1 aliphatic heterocycles. The minimum absolute atomic E-state index is 0.00434. The van der Waals surface area contributed by atoms with Gasteiger partial charge in [-0.1, -0.05) is 29.4 Å². The highest BCUT2D eigenvalue weighted by Crippen LogP contribution is 2.34. The quantitative estimate of drug-likeness (QED) is 0.771. The molecule has 3 heterocycles. The molecular weight excluding hydrogens is 356 g/mol. The average Bonchev–Trinajstić information content (AvgIpc) is 3.06. The summed E-state index contributed by atoms with van der Waals surface area (Å²) in [5.74, 6) is 0.797. The van der Waals surface area contributed by atoms with Crippen molar-refractivity contribution in [2.45, 2.75) is 16.7 Å². The van der Waals surface area contributed by atoms with E-state index in [1.54, 1.807) is 29.1 Å². The Bertz CT molecular complexity index is 1020. The topological polar surface area (TPSA) is 76.9 Å². The predicted molar refractivity (Wildman–Crippen MR) is 90.5 cm³/mol. The van der Waals surface area contributed by atoms with E-state index in [9.17, 15) is 8.42 Å². The van der Waals surface area contributed by atoms with Gasteiger partial charge in [0.15, 0.2) is 15.3 Å². The largest absolute Gasteiger partial charge is 0.306 e. The Balaban J connectivity index is 1.74. The van der Waals surface area contributed by atoms with Crippen molar-refractivity contribution >= 4 is 49.8 Å². The highest BCUT2D eigenvalue weighted by atomic mass is 35.5. The summed E-state index contributed by atoms with van der Waals surface area (Å²) in [6.45, 7) is 0.583. The van der Waals surface area contributed by atoms with E-state index in [-0.39, 0.29) is 10.2 Å². The van der Waals surface area contributed by atoms with Crippen molar-refractivity contribution in [2.24, 2.45) is 0 Å². The molecule has 23 heavy (non-hydrogen) atoms. The van der Waals surface area contributed by atoms with Crippen LogP contribution in [0.5, 0.6) is 0 Å². The van der Waals surface area contributed by atoms with E-state index in [0.717, 1.165) is 16.5 Å². The summed E-state index contributed by atoms with van der Waals surface area (Å²) >= 11 is 7.53. The Morgan fingerprint density at radius 2 is 2.13 bits per heavy atom. The maximum Gasteiger partial charge on any atom is 0.280 e. The van der Waals surface area contributed by atoms with Gasteiger partial charge in [-0.25, -0.2) is 4.98 Å². The standard InChI is InChI=1S/C14H11ClN4O2S2/c15-12-13(19-5-6-22-14(19)17-12)23(20,21)18-11-2-1-10-8-16-4-3-9(10)7-11/h1-4,7-8,18H,5-6H2. The number of pyridine rings is 1. The zero-order valence-electron chi connectivity index (χ0n) is 11.7. The van der Waals surface area contributed by atoms with E-state index in [1.807, 2.05) is 12.1 Å². The molecule has 2 aromatic heterocycles. The minimum Gasteiger partial charge on any atom is -0.306 e. The Kier molecular flexibility index (Phi) is 3.47. The summed E-state index contributed by atoms with van der Waals surface area (Å²) in [5.41, 5.74) is 0.473. The monoisotopic (exact) mass is 366 g/mol. The molecular formula is C14H11ClN4O2S2. The number of imidazole rings is 1. The van der Waals surface area contributed by atoms with E-state index < -0.39 is 10.0 Å². The van der Waals surface area contributed by atoms with Crippen LogP contribution in [-0.4, -0.2) is 28.7 Å². The van der Waals surface area contributed by atoms with Gasteiger partial charge in [0.1, 0.15) is 0 Å². The molecule has 9 heteroatoms. The number of rotatable bonds is 3. The molecule has 3 aromatic rings. The fraction of sp³-hybridized carbons (Fsp3) is 0.143. The first-order chi connectivity index (χ1) is 11.0. The van der Waals surface area contributed by atoms with E-state index in [1.165, 1.54) is 11.8 Å². The number of hydrogen-bond donors (Lipinski definition) is 1. The molecule has 1 aliphatic rings. The van der Waals surface area contributed by atoms with Crippen LogP contribution in [0.3, 0.4) is 0 Å². The van der Waals surface area contributed by atoms with Crippen LogP contribution in [0.1, 0.15) is 0 Å². The molecule has 0 atom stereocenters. The van der Waals surface area contributed by atoms with Gasteiger partial charge in [-0.2, -0.15) is 8.42 Å². The zero-order valence-corrected chi connectivity index (χ0v) is 14.1. The molecule has 0 radical (unpaired) electrons. The van der Waals surface area contributed by atoms with Crippen LogP contribution in [0.25, 0.3) is 10.8 Å². The first kappa shape index (κ1) is 14.8. The van der Waals surface area contributed by atoms with Gasteiger partial charge in [0.05, 0.1) is 0 Å². The second-order valence-corrected chi connectivity index (χ2v) is 8.05. The third kappa shape index (κ3) is 2.56. The lowest BCUT2D eigenvalue weighted by Crippen LogP contribution is -2.17. The molecule has 0 saturated carbocycles.